The molecule has 0 aliphatic rings. The van der Waals surface area contributed by atoms with E-state index in [9.17, 15) is 4.79 Å². The zero-order valence-electron chi connectivity index (χ0n) is 14.1. The van der Waals surface area contributed by atoms with Crippen molar-refractivity contribution in [2.24, 2.45) is 0 Å². The minimum absolute atomic E-state index is 0.0270. The molecule has 0 unspecified atom stereocenters. The Morgan fingerprint density at radius 2 is 1.70 bits per heavy atom. The maximum absolute atomic E-state index is 12.4. The molecule has 0 radical (unpaired) electrons. The number of carbonyl (C=O) groups is 1. The minimum atomic E-state index is -0.0560. The van der Waals surface area contributed by atoms with Crippen LogP contribution in [0.5, 0.6) is 5.75 Å². The van der Waals surface area contributed by atoms with E-state index < -0.39 is 0 Å². The molecule has 0 saturated heterocycles. The van der Waals surface area contributed by atoms with Crippen molar-refractivity contribution >= 4 is 5.91 Å². The molecule has 0 aliphatic heterocycles. The van der Waals surface area contributed by atoms with Gasteiger partial charge in [-0.2, -0.15) is 0 Å². The summed E-state index contributed by atoms with van der Waals surface area (Å²) in [4.78, 5) is 12.4. The first-order valence-electron chi connectivity index (χ1n) is 8.24. The fourth-order valence-corrected chi connectivity index (χ4v) is 2.38. The molecular formula is C20H25NO2. The molecule has 0 spiro atoms. The molecule has 0 fully saturated rings. The molecule has 0 aromatic heterocycles. The summed E-state index contributed by atoms with van der Waals surface area (Å²) in [5.74, 6) is 0.744. The molecule has 0 saturated carbocycles. The highest BCUT2D eigenvalue weighted by Gasteiger charge is 2.14. The number of hydrogen-bond acceptors (Lipinski definition) is 2. The molecule has 1 N–H and O–H groups in total. The second-order valence-electron chi connectivity index (χ2n) is 5.72. The average Bonchev–Trinajstić information content (AvgIpc) is 2.59. The molecule has 2 rings (SSSR count). The summed E-state index contributed by atoms with van der Waals surface area (Å²) in [5, 5.41) is 3.10. The van der Waals surface area contributed by atoms with Gasteiger partial charge in [-0.15, -0.1) is 0 Å². The standard InChI is InChI=1S/C20H25NO2/c1-4-14-23-18-12-10-17(11-13-18)20(22)21-19(5-2)16-8-6-15(3)7-9-16/h6-13,19H,4-5,14H2,1-3H3,(H,21,22)/t19-/m0/s1. The van der Waals surface area contributed by atoms with Gasteiger partial charge in [-0.3, -0.25) is 4.79 Å². The zero-order valence-corrected chi connectivity index (χ0v) is 14.1. The summed E-state index contributed by atoms with van der Waals surface area (Å²) >= 11 is 0. The molecule has 0 heterocycles. The van der Waals surface area contributed by atoms with E-state index in [4.69, 9.17) is 4.74 Å². The maximum Gasteiger partial charge on any atom is 0.251 e. The molecular weight excluding hydrogens is 286 g/mol. The Hall–Kier alpha value is -2.29. The summed E-state index contributed by atoms with van der Waals surface area (Å²) in [7, 11) is 0. The van der Waals surface area contributed by atoms with Crippen molar-refractivity contribution < 1.29 is 9.53 Å². The molecule has 0 bridgehead atoms. The lowest BCUT2D eigenvalue weighted by Crippen LogP contribution is -2.28. The van der Waals surface area contributed by atoms with Crippen LogP contribution in [0.1, 0.15) is 54.2 Å². The van der Waals surface area contributed by atoms with Crippen LogP contribution in [0.2, 0.25) is 0 Å². The van der Waals surface area contributed by atoms with Gasteiger partial charge >= 0.3 is 0 Å². The second-order valence-corrected chi connectivity index (χ2v) is 5.72. The quantitative estimate of drug-likeness (QED) is 0.807. The van der Waals surface area contributed by atoms with Crippen molar-refractivity contribution in [2.75, 3.05) is 6.61 Å². The first-order chi connectivity index (χ1) is 11.1. The van der Waals surface area contributed by atoms with Crippen LogP contribution in [-0.4, -0.2) is 12.5 Å². The Balaban J connectivity index is 2.03. The number of ether oxygens (including phenoxy) is 1. The van der Waals surface area contributed by atoms with Gasteiger partial charge in [0.15, 0.2) is 0 Å². The van der Waals surface area contributed by atoms with E-state index in [-0.39, 0.29) is 11.9 Å². The third-order valence-electron chi connectivity index (χ3n) is 3.78. The fraction of sp³-hybridized carbons (Fsp3) is 0.350. The Morgan fingerprint density at radius 3 is 2.26 bits per heavy atom. The van der Waals surface area contributed by atoms with Gasteiger partial charge in [0.1, 0.15) is 5.75 Å². The van der Waals surface area contributed by atoms with Crippen LogP contribution in [0.4, 0.5) is 0 Å². The summed E-state index contributed by atoms with van der Waals surface area (Å²) in [5.41, 5.74) is 3.01. The van der Waals surface area contributed by atoms with Crippen LogP contribution in [0.25, 0.3) is 0 Å². The average molecular weight is 311 g/mol. The van der Waals surface area contributed by atoms with Crippen molar-refractivity contribution in [3.8, 4) is 5.75 Å². The molecule has 2 aromatic carbocycles. The van der Waals surface area contributed by atoms with Crippen molar-refractivity contribution in [3.63, 3.8) is 0 Å². The molecule has 23 heavy (non-hydrogen) atoms. The fourth-order valence-electron chi connectivity index (χ4n) is 2.38. The van der Waals surface area contributed by atoms with E-state index in [2.05, 4.69) is 50.4 Å². The highest BCUT2D eigenvalue weighted by atomic mass is 16.5. The van der Waals surface area contributed by atoms with Crippen LogP contribution in [0.3, 0.4) is 0 Å². The molecule has 0 aliphatic carbocycles. The van der Waals surface area contributed by atoms with Crippen molar-refractivity contribution in [3.05, 3.63) is 65.2 Å². The lowest BCUT2D eigenvalue weighted by Gasteiger charge is -2.18. The van der Waals surface area contributed by atoms with E-state index in [0.717, 1.165) is 24.2 Å². The zero-order chi connectivity index (χ0) is 16.7. The minimum Gasteiger partial charge on any atom is -0.494 e. The third-order valence-corrected chi connectivity index (χ3v) is 3.78. The van der Waals surface area contributed by atoms with Crippen molar-refractivity contribution in [1.29, 1.82) is 0 Å². The first-order valence-corrected chi connectivity index (χ1v) is 8.24. The Morgan fingerprint density at radius 1 is 1.04 bits per heavy atom. The summed E-state index contributed by atoms with van der Waals surface area (Å²) in [6.07, 6.45) is 1.82. The lowest BCUT2D eigenvalue weighted by atomic mass is 10.0. The molecule has 3 nitrogen and oxygen atoms in total. The van der Waals surface area contributed by atoms with Crippen LogP contribution in [0, 0.1) is 6.92 Å². The third kappa shape index (κ3) is 4.85. The molecule has 122 valence electrons. The van der Waals surface area contributed by atoms with Crippen LogP contribution < -0.4 is 10.1 Å². The van der Waals surface area contributed by atoms with E-state index in [1.54, 1.807) is 0 Å². The van der Waals surface area contributed by atoms with Gasteiger partial charge < -0.3 is 10.1 Å². The normalized spacial score (nSPS) is 11.8. The van der Waals surface area contributed by atoms with Gasteiger partial charge in [-0.25, -0.2) is 0 Å². The molecule has 1 atom stereocenters. The number of rotatable bonds is 7. The van der Waals surface area contributed by atoms with Gasteiger partial charge in [0.2, 0.25) is 0 Å². The second kappa shape index (κ2) is 8.37. The van der Waals surface area contributed by atoms with Gasteiger partial charge in [-0.1, -0.05) is 43.7 Å². The summed E-state index contributed by atoms with van der Waals surface area (Å²) in [6, 6.07) is 15.6. The van der Waals surface area contributed by atoms with Crippen LogP contribution in [0.15, 0.2) is 48.5 Å². The Kier molecular flexibility index (Phi) is 6.21. The van der Waals surface area contributed by atoms with Crippen LogP contribution >= 0.6 is 0 Å². The number of aryl methyl sites for hydroxylation is 1. The number of nitrogens with one attached hydrogen (secondary N) is 1. The van der Waals surface area contributed by atoms with Gasteiger partial charge in [0, 0.05) is 5.56 Å². The maximum atomic E-state index is 12.4. The van der Waals surface area contributed by atoms with E-state index in [1.807, 2.05) is 24.3 Å². The predicted octanol–water partition coefficient (Wildman–Crippen LogP) is 4.66. The predicted molar refractivity (Wildman–Crippen MR) is 93.9 cm³/mol. The summed E-state index contributed by atoms with van der Waals surface area (Å²) < 4.78 is 5.54. The first kappa shape index (κ1) is 17.1. The molecule has 3 heteroatoms. The van der Waals surface area contributed by atoms with E-state index >= 15 is 0 Å². The van der Waals surface area contributed by atoms with Gasteiger partial charge in [0.25, 0.3) is 5.91 Å². The van der Waals surface area contributed by atoms with Gasteiger partial charge in [0.05, 0.1) is 12.6 Å². The number of amides is 1. The van der Waals surface area contributed by atoms with Crippen molar-refractivity contribution in [1.82, 2.24) is 5.32 Å². The van der Waals surface area contributed by atoms with E-state index in [1.165, 1.54) is 5.56 Å². The Bertz CT molecular complexity index is 617. The molecule has 2 aromatic rings. The smallest absolute Gasteiger partial charge is 0.251 e. The van der Waals surface area contributed by atoms with Crippen molar-refractivity contribution in [2.45, 2.75) is 39.7 Å². The summed E-state index contributed by atoms with van der Waals surface area (Å²) in [6.45, 7) is 6.90. The SMILES string of the molecule is CCCOc1ccc(C(=O)N[C@@H](CC)c2ccc(C)cc2)cc1. The highest BCUT2D eigenvalue weighted by Crippen LogP contribution is 2.19. The number of carbonyl (C=O) groups excluding carboxylic acids is 1. The number of hydrogen-bond donors (Lipinski definition) is 1. The largest absolute Gasteiger partial charge is 0.494 e. The monoisotopic (exact) mass is 311 g/mol. The Labute approximate surface area is 138 Å². The van der Waals surface area contributed by atoms with Crippen LogP contribution in [-0.2, 0) is 0 Å². The van der Waals surface area contributed by atoms with E-state index in [0.29, 0.717) is 12.2 Å². The topological polar surface area (TPSA) is 38.3 Å². The highest BCUT2D eigenvalue weighted by molar-refractivity contribution is 5.94. The number of benzene rings is 2. The lowest BCUT2D eigenvalue weighted by molar-refractivity contribution is 0.0935. The van der Waals surface area contributed by atoms with Gasteiger partial charge in [-0.05, 0) is 49.6 Å². The molecule has 1 amide bonds.